The van der Waals surface area contributed by atoms with E-state index in [9.17, 15) is 4.79 Å². The van der Waals surface area contributed by atoms with Gasteiger partial charge in [0.15, 0.2) is 0 Å². The Hall–Kier alpha value is -3.14. The van der Waals surface area contributed by atoms with Crippen molar-refractivity contribution < 1.29 is 4.79 Å². The number of benzene rings is 2. The zero-order valence-corrected chi connectivity index (χ0v) is 15.9. The minimum atomic E-state index is -0.137. The monoisotopic (exact) mass is 357 g/mol. The molecule has 0 fully saturated rings. The van der Waals surface area contributed by atoms with E-state index in [2.05, 4.69) is 46.4 Å². The second kappa shape index (κ2) is 6.88. The van der Waals surface area contributed by atoms with E-state index in [1.54, 1.807) is 6.20 Å². The maximum atomic E-state index is 13.1. The van der Waals surface area contributed by atoms with Gasteiger partial charge >= 0.3 is 0 Å². The van der Waals surface area contributed by atoms with Crippen molar-refractivity contribution in [2.75, 3.05) is 10.2 Å². The van der Waals surface area contributed by atoms with Gasteiger partial charge in [0.2, 0.25) is 0 Å². The molecule has 27 heavy (non-hydrogen) atoms. The van der Waals surface area contributed by atoms with Crippen molar-refractivity contribution in [3.05, 3.63) is 83.0 Å². The highest BCUT2D eigenvalue weighted by atomic mass is 16.1. The fraction of sp³-hybridized carbons (Fsp3) is 0.217. The summed E-state index contributed by atoms with van der Waals surface area (Å²) in [4.78, 5) is 19.8. The standard InChI is InChI=1S/C23H23N3O/c1-15-10-11-20(16(2)13-15)25-23(27)19-8-6-12-24-22(19)26-17(3)14-18-7-4-5-9-21(18)26/h4-13,17H,14H2,1-3H3,(H,25,27). The summed E-state index contributed by atoms with van der Waals surface area (Å²) in [5, 5.41) is 3.05. The molecule has 0 saturated carbocycles. The van der Waals surface area contributed by atoms with Gasteiger partial charge in [-0.05, 0) is 62.6 Å². The van der Waals surface area contributed by atoms with Gasteiger partial charge in [-0.1, -0.05) is 35.9 Å². The van der Waals surface area contributed by atoms with Crippen molar-refractivity contribution in [1.29, 1.82) is 0 Å². The predicted octanol–water partition coefficient (Wildman–Crippen LogP) is 5.03. The number of carbonyl (C=O) groups is 1. The Bertz CT molecular complexity index is 1010. The van der Waals surface area contributed by atoms with Gasteiger partial charge in [-0.3, -0.25) is 4.79 Å². The van der Waals surface area contributed by atoms with Gasteiger partial charge in [0.1, 0.15) is 5.82 Å². The van der Waals surface area contributed by atoms with E-state index in [0.29, 0.717) is 11.4 Å². The van der Waals surface area contributed by atoms with E-state index in [0.717, 1.165) is 23.4 Å². The Kier molecular flexibility index (Phi) is 4.40. The van der Waals surface area contributed by atoms with Crippen molar-refractivity contribution in [3.63, 3.8) is 0 Å². The van der Waals surface area contributed by atoms with Gasteiger partial charge in [-0.25, -0.2) is 4.98 Å². The van der Waals surface area contributed by atoms with Crippen LogP contribution < -0.4 is 10.2 Å². The second-order valence-corrected chi connectivity index (χ2v) is 7.20. The maximum absolute atomic E-state index is 13.1. The summed E-state index contributed by atoms with van der Waals surface area (Å²) in [5.74, 6) is 0.568. The Balaban J connectivity index is 1.70. The molecule has 4 rings (SSSR count). The molecule has 136 valence electrons. The van der Waals surface area contributed by atoms with E-state index >= 15 is 0 Å². The van der Waals surface area contributed by atoms with Gasteiger partial charge in [0.05, 0.1) is 5.56 Å². The number of aromatic nitrogens is 1. The first kappa shape index (κ1) is 17.3. The van der Waals surface area contributed by atoms with Crippen molar-refractivity contribution in [1.82, 2.24) is 4.98 Å². The summed E-state index contributed by atoms with van der Waals surface area (Å²) in [7, 11) is 0. The molecule has 1 aromatic heterocycles. The number of anilines is 3. The molecule has 4 nitrogen and oxygen atoms in total. The van der Waals surface area contributed by atoms with E-state index < -0.39 is 0 Å². The van der Waals surface area contributed by atoms with Crippen LogP contribution in [-0.2, 0) is 6.42 Å². The summed E-state index contributed by atoms with van der Waals surface area (Å²) in [6, 6.07) is 18.3. The molecule has 2 aromatic carbocycles. The first-order valence-corrected chi connectivity index (χ1v) is 9.25. The normalized spacial score (nSPS) is 15.5. The van der Waals surface area contributed by atoms with Crippen molar-refractivity contribution >= 4 is 23.1 Å². The maximum Gasteiger partial charge on any atom is 0.259 e. The molecule has 1 unspecified atom stereocenters. The third-order valence-corrected chi connectivity index (χ3v) is 5.10. The van der Waals surface area contributed by atoms with Gasteiger partial charge in [-0.15, -0.1) is 0 Å². The number of amides is 1. The van der Waals surface area contributed by atoms with Crippen molar-refractivity contribution in [2.24, 2.45) is 0 Å². The summed E-state index contributed by atoms with van der Waals surface area (Å²) in [6.45, 7) is 6.22. The number of aryl methyl sites for hydroxylation is 2. The van der Waals surface area contributed by atoms with Gasteiger partial charge in [0, 0.05) is 23.6 Å². The largest absolute Gasteiger partial charge is 0.322 e. The molecule has 1 atom stereocenters. The van der Waals surface area contributed by atoms with Crippen LogP contribution in [0.1, 0.15) is 34.0 Å². The number of hydrogen-bond acceptors (Lipinski definition) is 3. The minimum Gasteiger partial charge on any atom is -0.322 e. The van der Waals surface area contributed by atoms with Crippen LogP contribution in [0.25, 0.3) is 0 Å². The zero-order chi connectivity index (χ0) is 19.0. The number of para-hydroxylation sites is 1. The predicted molar refractivity (Wildman–Crippen MR) is 110 cm³/mol. The Labute approximate surface area is 159 Å². The highest BCUT2D eigenvalue weighted by molar-refractivity contribution is 6.08. The lowest BCUT2D eigenvalue weighted by Crippen LogP contribution is -2.28. The average molecular weight is 357 g/mol. The van der Waals surface area contributed by atoms with Crippen LogP contribution in [0, 0.1) is 13.8 Å². The van der Waals surface area contributed by atoms with Gasteiger partial charge in [-0.2, -0.15) is 0 Å². The second-order valence-electron chi connectivity index (χ2n) is 7.20. The fourth-order valence-electron chi connectivity index (χ4n) is 3.80. The molecule has 0 radical (unpaired) electrons. The lowest BCUT2D eigenvalue weighted by Gasteiger charge is -2.25. The minimum absolute atomic E-state index is 0.137. The lowest BCUT2D eigenvalue weighted by atomic mass is 10.1. The van der Waals surface area contributed by atoms with Crippen LogP contribution in [0.3, 0.4) is 0 Å². The third kappa shape index (κ3) is 3.19. The molecule has 3 aromatic rings. The molecule has 0 bridgehead atoms. The highest BCUT2D eigenvalue weighted by Gasteiger charge is 2.30. The van der Waals surface area contributed by atoms with Crippen molar-refractivity contribution in [3.8, 4) is 0 Å². The molecular weight excluding hydrogens is 334 g/mol. The molecule has 0 spiro atoms. The number of fused-ring (bicyclic) bond motifs is 1. The van der Waals surface area contributed by atoms with E-state index in [-0.39, 0.29) is 11.9 Å². The topological polar surface area (TPSA) is 45.2 Å². The smallest absolute Gasteiger partial charge is 0.259 e. The number of nitrogens with one attached hydrogen (secondary N) is 1. The SMILES string of the molecule is Cc1ccc(NC(=O)c2cccnc2N2c3ccccc3CC2C)c(C)c1. The van der Waals surface area contributed by atoms with E-state index in [4.69, 9.17) is 0 Å². The van der Waals surface area contributed by atoms with Crippen LogP contribution in [0.5, 0.6) is 0 Å². The summed E-state index contributed by atoms with van der Waals surface area (Å²) < 4.78 is 0. The summed E-state index contributed by atoms with van der Waals surface area (Å²) in [5.41, 5.74) is 6.06. The van der Waals surface area contributed by atoms with E-state index in [1.165, 1.54) is 11.1 Å². The molecule has 0 saturated heterocycles. The van der Waals surface area contributed by atoms with Gasteiger partial charge in [0.25, 0.3) is 5.91 Å². The number of nitrogens with zero attached hydrogens (tertiary/aromatic N) is 2. The Morgan fingerprint density at radius 3 is 2.74 bits per heavy atom. The molecule has 1 aliphatic heterocycles. The molecule has 1 N–H and O–H groups in total. The van der Waals surface area contributed by atoms with E-state index in [1.807, 2.05) is 44.2 Å². The molecular formula is C23H23N3O. The zero-order valence-electron chi connectivity index (χ0n) is 15.9. The summed E-state index contributed by atoms with van der Waals surface area (Å²) in [6.07, 6.45) is 2.70. The molecule has 1 aliphatic rings. The first-order valence-electron chi connectivity index (χ1n) is 9.25. The summed E-state index contributed by atoms with van der Waals surface area (Å²) >= 11 is 0. The highest BCUT2D eigenvalue weighted by Crippen LogP contribution is 2.38. The fourth-order valence-corrected chi connectivity index (χ4v) is 3.80. The van der Waals surface area contributed by atoms with Crippen LogP contribution in [0.4, 0.5) is 17.2 Å². The number of carbonyl (C=O) groups excluding carboxylic acids is 1. The van der Waals surface area contributed by atoms with Crippen LogP contribution in [0.2, 0.25) is 0 Å². The van der Waals surface area contributed by atoms with Crippen molar-refractivity contribution in [2.45, 2.75) is 33.2 Å². The Morgan fingerprint density at radius 1 is 1.11 bits per heavy atom. The molecule has 1 amide bonds. The van der Waals surface area contributed by atoms with Crippen LogP contribution in [0.15, 0.2) is 60.8 Å². The average Bonchev–Trinajstić information content (AvgIpc) is 2.99. The number of rotatable bonds is 3. The quantitative estimate of drug-likeness (QED) is 0.715. The lowest BCUT2D eigenvalue weighted by molar-refractivity contribution is 0.102. The first-order chi connectivity index (χ1) is 13.0. The Morgan fingerprint density at radius 2 is 1.93 bits per heavy atom. The van der Waals surface area contributed by atoms with Crippen LogP contribution in [-0.4, -0.2) is 16.9 Å². The van der Waals surface area contributed by atoms with Crippen LogP contribution >= 0.6 is 0 Å². The molecule has 4 heteroatoms. The number of hydrogen-bond donors (Lipinski definition) is 1. The van der Waals surface area contributed by atoms with Gasteiger partial charge < -0.3 is 10.2 Å². The molecule has 2 heterocycles. The number of pyridine rings is 1. The molecule has 0 aliphatic carbocycles. The third-order valence-electron chi connectivity index (χ3n) is 5.10.